The second-order valence-corrected chi connectivity index (χ2v) is 6.85. The van der Waals surface area contributed by atoms with Gasteiger partial charge in [-0.25, -0.2) is 0 Å². The Morgan fingerprint density at radius 2 is 1.79 bits per heavy atom. The van der Waals surface area contributed by atoms with Crippen molar-refractivity contribution in [1.82, 2.24) is 24.7 Å². The van der Waals surface area contributed by atoms with E-state index in [4.69, 9.17) is 11.6 Å². The molecule has 7 heteroatoms. The van der Waals surface area contributed by atoms with E-state index >= 15 is 0 Å². The average molecular weight is 391 g/mol. The van der Waals surface area contributed by atoms with Gasteiger partial charge in [0, 0.05) is 21.8 Å². The van der Waals surface area contributed by atoms with Crippen molar-refractivity contribution in [1.29, 1.82) is 0 Å². The van der Waals surface area contributed by atoms with Crippen LogP contribution in [0.15, 0.2) is 66.0 Å². The monoisotopic (exact) mass is 390 g/mol. The van der Waals surface area contributed by atoms with E-state index in [2.05, 4.69) is 20.4 Å². The summed E-state index contributed by atoms with van der Waals surface area (Å²) in [5.74, 6) is 0.690. The SMILES string of the molecule is Cc1nn(Cc2ccccc2Cl)c(C)c1/C=N\n1cnnc1-c1ccccc1. The lowest BCUT2D eigenvalue weighted by atomic mass is 10.2. The van der Waals surface area contributed by atoms with Crippen LogP contribution in [0, 0.1) is 13.8 Å². The van der Waals surface area contributed by atoms with Crippen molar-refractivity contribution >= 4 is 17.8 Å². The summed E-state index contributed by atoms with van der Waals surface area (Å²) in [6, 6.07) is 17.7. The zero-order valence-electron chi connectivity index (χ0n) is 15.6. The molecule has 0 aliphatic carbocycles. The van der Waals surface area contributed by atoms with Gasteiger partial charge in [0.25, 0.3) is 0 Å². The topological polar surface area (TPSA) is 60.9 Å². The Hall–Kier alpha value is -3.25. The van der Waals surface area contributed by atoms with Crippen LogP contribution in [0.1, 0.15) is 22.5 Å². The normalized spacial score (nSPS) is 11.4. The summed E-state index contributed by atoms with van der Waals surface area (Å²) >= 11 is 6.29. The fraction of sp³-hybridized carbons (Fsp3) is 0.143. The molecule has 0 atom stereocenters. The van der Waals surface area contributed by atoms with Crippen LogP contribution < -0.4 is 0 Å². The molecule has 0 fully saturated rings. The van der Waals surface area contributed by atoms with E-state index in [1.54, 1.807) is 17.2 Å². The van der Waals surface area contributed by atoms with Crippen molar-refractivity contribution < 1.29 is 0 Å². The summed E-state index contributed by atoms with van der Waals surface area (Å²) in [4.78, 5) is 0. The number of hydrogen-bond donors (Lipinski definition) is 0. The van der Waals surface area contributed by atoms with Crippen molar-refractivity contribution in [3.8, 4) is 11.4 Å². The first-order chi connectivity index (χ1) is 13.6. The third kappa shape index (κ3) is 3.59. The summed E-state index contributed by atoms with van der Waals surface area (Å²) in [7, 11) is 0. The van der Waals surface area contributed by atoms with Gasteiger partial charge in [-0.3, -0.25) is 4.68 Å². The number of nitrogens with zero attached hydrogens (tertiary/aromatic N) is 6. The predicted molar refractivity (Wildman–Crippen MR) is 111 cm³/mol. The van der Waals surface area contributed by atoms with E-state index in [-0.39, 0.29) is 0 Å². The molecule has 2 aromatic heterocycles. The molecule has 0 amide bonds. The maximum atomic E-state index is 6.29. The molecular weight excluding hydrogens is 372 g/mol. The van der Waals surface area contributed by atoms with Crippen LogP contribution in [-0.4, -0.2) is 30.9 Å². The molecule has 4 rings (SSSR count). The van der Waals surface area contributed by atoms with Gasteiger partial charge in [-0.05, 0) is 25.5 Å². The van der Waals surface area contributed by atoms with Crippen molar-refractivity contribution in [2.45, 2.75) is 20.4 Å². The summed E-state index contributed by atoms with van der Waals surface area (Å²) in [5, 5.41) is 18.1. The van der Waals surface area contributed by atoms with Gasteiger partial charge in [0.1, 0.15) is 6.33 Å². The Balaban J connectivity index is 1.62. The molecule has 0 aliphatic rings. The summed E-state index contributed by atoms with van der Waals surface area (Å²) in [6.45, 7) is 4.62. The first-order valence-electron chi connectivity index (χ1n) is 8.90. The van der Waals surface area contributed by atoms with Crippen molar-refractivity contribution in [3.63, 3.8) is 0 Å². The molecule has 6 nitrogen and oxygen atoms in total. The molecule has 0 unspecified atom stereocenters. The van der Waals surface area contributed by atoms with Crippen LogP contribution in [0.3, 0.4) is 0 Å². The minimum atomic E-state index is 0.613. The molecule has 0 bridgehead atoms. The third-order valence-electron chi connectivity index (χ3n) is 4.59. The van der Waals surface area contributed by atoms with Crippen LogP contribution in [0.2, 0.25) is 5.02 Å². The van der Waals surface area contributed by atoms with Crippen LogP contribution >= 0.6 is 11.6 Å². The molecule has 2 aromatic carbocycles. The lowest BCUT2D eigenvalue weighted by molar-refractivity contribution is 0.659. The Kier molecular flexibility index (Phi) is 5.04. The largest absolute Gasteiger partial charge is 0.264 e. The van der Waals surface area contributed by atoms with Crippen molar-refractivity contribution in [2.75, 3.05) is 0 Å². The Bertz CT molecular complexity index is 1130. The van der Waals surface area contributed by atoms with Crippen LogP contribution in [0.25, 0.3) is 11.4 Å². The van der Waals surface area contributed by atoms with Gasteiger partial charge in [0.15, 0.2) is 5.82 Å². The van der Waals surface area contributed by atoms with Crippen LogP contribution in [0.5, 0.6) is 0 Å². The molecule has 0 saturated carbocycles. The average Bonchev–Trinajstić information content (AvgIpc) is 3.28. The van der Waals surface area contributed by atoms with E-state index in [1.165, 1.54) is 0 Å². The first-order valence-corrected chi connectivity index (χ1v) is 9.28. The van der Waals surface area contributed by atoms with Gasteiger partial charge in [-0.15, -0.1) is 10.2 Å². The molecule has 0 saturated heterocycles. The number of aryl methyl sites for hydroxylation is 1. The number of rotatable bonds is 5. The maximum absolute atomic E-state index is 6.29. The number of halogens is 1. The number of benzene rings is 2. The van der Waals surface area contributed by atoms with Crippen LogP contribution in [0.4, 0.5) is 0 Å². The molecule has 0 N–H and O–H groups in total. The third-order valence-corrected chi connectivity index (χ3v) is 4.96. The van der Waals surface area contributed by atoms with Gasteiger partial charge in [0.2, 0.25) is 0 Å². The molecule has 140 valence electrons. The smallest absolute Gasteiger partial charge is 0.184 e. The fourth-order valence-corrected chi connectivity index (χ4v) is 3.25. The highest BCUT2D eigenvalue weighted by Gasteiger charge is 2.12. The molecule has 2 heterocycles. The lowest BCUT2D eigenvalue weighted by Crippen LogP contribution is -2.05. The van der Waals surface area contributed by atoms with Gasteiger partial charge < -0.3 is 0 Å². The molecule has 28 heavy (non-hydrogen) atoms. The minimum absolute atomic E-state index is 0.613. The number of hydrogen-bond acceptors (Lipinski definition) is 4. The molecule has 4 aromatic rings. The predicted octanol–water partition coefficient (Wildman–Crippen LogP) is 4.34. The van der Waals surface area contributed by atoms with Gasteiger partial charge >= 0.3 is 0 Å². The highest BCUT2D eigenvalue weighted by atomic mass is 35.5. The van der Waals surface area contributed by atoms with Gasteiger partial charge in [-0.1, -0.05) is 60.1 Å². The van der Waals surface area contributed by atoms with Crippen molar-refractivity contribution in [3.05, 3.63) is 88.5 Å². The van der Waals surface area contributed by atoms with Crippen molar-refractivity contribution in [2.24, 2.45) is 5.10 Å². The van der Waals surface area contributed by atoms with Gasteiger partial charge in [0.05, 0.1) is 18.5 Å². The Labute approximate surface area is 168 Å². The molecule has 0 radical (unpaired) electrons. The second kappa shape index (κ2) is 7.78. The zero-order valence-corrected chi connectivity index (χ0v) is 16.4. The summed E-state index contributed by atoms with van der Waals surface area (Å²) < 4.78 is 3.61. The van der Waals surface area contributed by atoms with E-state index in [1.807, 2.05) is 73.1 Å². The van der Waals surface area contributed by atoms with E-state index < -0.39 is 0 Å². The highest BCUT2D eigenvalue weighted by molar-refractivity contribution is 6.31. The molecular formula is C21H19ClN6. The molecule has 0 spiro atoms. The lowest BCUT2D eigenvalue weighted by Gasteiger charge is -2.06. The van der Waals surface area contributed by atoms with E-state index in [0.29, 0.717) is 12.4 Å². The van der Waals surface area contributed by atoms with E-state index in [9.17, 15) is 0 Å². The highest BCUT2D eigenvalue weighted by Crippen LogP contribution is 2.19. The van der Waals surface area contributed by atoms with Crippen LogP contribution in [-0.2, 0) is 6.54 Å². The summed E-state index contributed by atoms with van der Waals surface area (Å²) in [5.41, 5.74) is 4.89. The zero-order chi connectivity index (χ0) is 19.5. The Morgan fingerprint density at radius 1 is 1.04 bits per heavy atom. The van der Waals surface area contributed by atoms with E-state index in [0.717, 1.165) is 33.1 Å². The van der Waals surface area contributed by atoms with Gasteiger partial charge in [-0.2, -0.15) is 14.9 Å². The molecule has 0 aliphatic heterocycles. The Morgan fingerprint density at radius 3 is 2.57 bits per heavy atom. The maximum Gasteiger partial charge on any atom is 0.184 e. The standard InChI is InChI=1S/C21H19ClN6/c1-15-19(16(2)27(26-15)13-18-10-6-7-11-20(18)22)12-24-28-14-23-25-21(28)17-8-4-3-5-9-17/h3-12,14H,13H2,1-2H3/b24-12-. The minimum Gasteiger partial charge on any atom is -0.264 e. The summed E-state index contributed by atoms with van der Waals surface area (Å²) in [6.07, 6.45) is 3.40. The first kappa shape index (κ1) is 18.1. The number of aromatic nitrogens is 5. The second-order valence-electron chi connectivity index (χ2n) is 6.44. The quantitative estimate of drug-likeness (QED) is 0.476. The fourth-order valence-electron chi connectivity index (χ4n) is 3.05.